The number of hydrogen-bond donors (Lipinski definition) is 1. The number of anilines is 1. The lowest BCUT2D eigenvalue weighted by atomic mass is 10.1. The van der Waals surface area contributed by atoms with Gasteiger partial charge in [0.25, 0.3) is 0 Å². The van der Waals surface area contributed by atoms with Gasteiger partial charge in [0, 0.05) is 17.2 Å². The van der Waals surface area contributed by atoms with Crippen LogP contribution in [-0.4, -0.2) is 4.98 Å². The zero-order valence-corrected chi connectivity index (χ0v) is 12.8. The van der Waals surface area contributed by atoms with Gasteiger partial charge in [0.15, 0.2) is 0 Å². The number of aryl methyl sites for hydroxylation is 3. The van der Waals surface area contributed by atoms with Crippen LogP contribution in [0.5, 0.6) is 0 Å². The molecule has 2 rings (SSSR count). The fraction of sp³-hybridized carbons (Fsp3) is 0.267. The van der Waals surface area contributed by atoms with Crippen molar-refractivity contribution < 1.29 is 4.39 Å². The molecule has 0 unspecified atom stereocenters. The van der Waals surface area contributed by atoms with E-state index in [1.54, 1.807) is 20.0 Å². The summed E-state index contributed by atoms with van der Waals surface area (Å²) in [5.41, 5.74) is 3.54. The average molecular weight is 323 g/mol. The minimum atomic E-state index is -0.124. The van der Waals surface area contributed by atoms with Crippen molar-refractivity contribution in [2.75, 3.05) is 5.32 Å². The second-order valence-electron chi connectivity index (χ2n) is 4.72. The van der Waals surface area contributed by atoms with Crippen LogP contribution in [0.1, 0.15) is 22.3 Å². The summed E-state index contributed by atoms with van der Waals surface area (Å²) in [6.07, 6.45) is 1.78. The lowest BCUT2D eigenvalue weighted by Crippen LogP contribution is -2.03. The van der Waals surface area contributed by atoms with Gasteiger partial charge in [-0.15, -0.1) is 0 Å². The van der Waals surface area contributed by atoms with Gasteiger partial charge in [-0.25, -0.2) is 9.37 Å². The van der Waals surface area contributed by atoms with Gasteiger partial charge < -0.3 is 5.32 Å². The van der Waals surface area contributed by atoms with Crippen molar-refractivity contribution in [2.45, 2.75) is 27.3 Å². The zero-order valence-electron chi connectivity index (χ0n) is 11.2. The Kier molecular flexibility index (Phi) is 4.20. The van der Waals surface area contributed by atoms with Gasteiger partial charge in [0.2, 0.25) is 0 Å². The Morgan fingerprint density at radius 1 is 1.11 bits per heavy atom. The molecule has 1 aromatic carbocycles. The summed E-state index contributed by atoms with van der Waals surface area (Å²) >= 11 is 3.42. The zero-order chi connectivity index (χ0) is 14.0. The van der Waals surface area contributed by atoms with Crippen molar-refractivity contribution in [3.63, 3.8) is 0 Å². The SMILES string of the molecule is Cc1cc(NCc2cc(C)c(F)c(C)c2)ncc1Br. The van der Waals surface area contributed by atoms with Gasteiger partial charge in [-0.1, -0.05) is 12.1 Å². The van der Waals surface area contributed by atoms with Crippen LogP contribution in [0, 0.1) is 26.6 Å². The average Bonchev–Trinajstić information content (AvgIpc) is 2.37. The molecule has 0 fully saturated rings. The largest absolute Gasteiger partial charge is 0.366 e. The van der Waals surface area contributed by atoms with Crippen molar-refractivity contribution in [1.29, 1.82) is 0 Å². The van der Waals surface area contributed by atoms with Crippen molar-refractivity contribution >= 4 is 21.7 Å². The third-order valence-corrected chi connectivity index (χ3v) is 3.85. The minimum absolute atomic E-state index is 0.124. The number of pyridine rings is 1. The Morgan fingerprint density at radius 2 is 1.74 bits per heavy atom. The van der Waals surface area contributed by atoms with E-state index in [1.165, 1.54) is 0 Å². The number of nitrogens with zero attached hydrogens (tertiary/aromatic N) is 1. The molecular weight excluding hydrogens is 307 g/mol. The monoisotopic (exact) mass is 322 g/mol. The van der Waals surface area contributed by atoms with Gasteiger partial charge in [0.05, 0.1) is 0 Å². The molecule has 100 valence electrons. The van der Waals surface area contributed by atoms with E-state index >= 15 is 0 Å². The second-order valence-corrected chi connectivity index (χ2v) is 5.57. The van der Waals surface area contributed by atoms with Crippen LogP contribution < -0.4 is 5.32 Å². The molecule has 0 aliphatic heterocycles. The summed E-state index contributed by atoms with van der Waals surface area (Å²) in [4.78, 5) is 4.28. The summed E-state index contributed by atoms with van der Waals surface area (Å²) in [5.74, 6) is 0.696. The Morgan fingerprint density at radius 3 is 2.32 bits per heavy atom. The minimum Gasteiger partial charge on any atom is -0.366 e. The Bertz CT molecular complexity index is 588. The molecular formula is C15H16BrFN2. The molecule has 0 aliphatic carbocycles. The van der Waals surface area contributed by atoms with Gasteiger partial charge in [-0.3, -0.25) is 0 Å². The van der Waals surface area contributed by atoms with E-state index in [0.29, 0.717) is 17.7 Å². The van der Waals surface area contributed by atoms with Gasteiger partial charge in [-0.05, 0) is 65.0 Å². The Balaban J connectivity index is 2.12. The quantitative estimate of drug-likeness (QED) is 0.898. The van der Waals surface area contributed by atoms with Gasteiger partial charge in [0.1, 0.15) is 11.6 Å². The molecule has 0 saturated carbocycles. The number of nitrogens with one attached hydrogen (secondary N) is 1. The predicted molar refractivity (Wildman–Crippen MR) is 79.9 cm³/mol. The maximum atomic E-state index is 13.5. The molecule has 0 atom stereocenters. The number of benzene rings is 1. The maximum absolute atomic E-state index is 13.5. The van der Waals surface area contributed by atoms with E-state index < -0.39 is 0 Å². The van der Waals surface area contributed by atoms with Crippen LogP contribution in [0.3, 0.4) is 0 Å². The van der Waals surface area contributed by atoms with E-state index in [1.807, 2.05) is 25.1 Å². The molecule has 1 heterocycles. The summed E-state index contributed by atoms with van der Waals surface area (Å²) < 4.78 is 14.5. The first-order chi connectivity index (χ1) is 8.97. The summed E-state index contributed by atoms with van der Waals surface area (Å²) in [6.45, 7) is 6.22. The first-order valence-corrected chi connectivity index (χ1v) is 6.88. The fourth-order valence-electron chi connectivity index (χ4n) is 1.97. The Hall–Kier alpha value is -1.42. The highest BCUT2D eigenvalue weighted by atomic mass is 79.9. The third-order valence-electron chi connectivity index (χ3n) is 3.02. The highest BCUT2D eigenvalue weighted by molar-refractivity contribution is 9.10. The first-order valence-electron chi connectivity index (χ1n) is 6.09. The lowest BCUT2D eigenvalue weighted by molar-refractivity contribution is 0.608. The predicted octanol–water partition coefficient (Wildman–Crippen LogP) is 4.52. The molecule has 1 N–H and O–H groups in total. The molecule has 0 aliphatic rings. The van der Waals surface area contributed by atoms with E-state index in [0.717, 1.165) is 21.4 Å². The van der Waals surface area contributed by atoms with Crippen LogP contribution in [0.2, 0.25) is 0 Å². The third kappa shape index (κ3) is 3.32. The molecule has 0 amide bonds. The molecule has 0 spiro atoms. The van der Waals surface area contributed by atoms with Gasteiger partial charge in [-0.2, -0.15) is 0 Å². The fourth-order valence-corrected chi connectivity index (χ4v) is 2.18. The number of hydrogen-bond acceptors (Lipinski definition) is 2. The van der Waals surface area contributed by atoms with Crippen LogP contribution in [0.15, 0.2) is 28.9 Å². The topological polar surface area (TPSA) is 24.9 Å². The number of rotatable bonds is 3. The molecule has 0 radical (unpaired) electrons. The molecule has 2 nitrogen and oxygen atoms in total. The Labute approximate surface area is 121 Å². The molecule has 4 heteroatoms. The van der Waals surface area contributed by atoms with Crippen LogP contribution in [0.4, 0.5) is 10.2 Å². The number of aromatic nitrogens is 1. The van der Waals surface area contributed by atoms with Crippen molar-refractivity contribution in [2.24, 2.45) is 0 Å². The molecule has 1 aromatic heterocycles. The summed E-state index contributed by atoms with van der Waals surface area (Å²) in [6, 6.07) is 5.70. The number of halogens is 2. The second kappa shape index (κ2) is 5.70. The van der Waals surface area contributed by atoms with Crippen molar-refractivity contribution in [3.05, 3.63) is 56.9 Å². The van der Waals surface area contributed by atoms with E-state index in [9.17, 15) is 4.39 Å². The molecule has 2 aromatic rings. The van der Waals surface area contributed by atoms with E-state index in [2.05, 4.69) is 26.2 Å². The van der Waals surface area contributed by atoms with Crippen molar-refractivity contribution in [1.82, 2.24) is 4.98 Å². The molecule has 19 heavy (non-hydrogen) atoms. The highest BCUT2D eigenvalue weighted by Gasteiger charge is 2.05. The lowest BCUT2D eigenvalue weighted by Gasteiger charge is -2.09. The summed E-state index contributed by atoms with van der Waals surface area (Å²) in [7, 11) is 0. The van der Waals surface area contributed by atoms with Crippen LogP contribution >= 0.6 is 15.9 Å². The van der Waals surface area contributed by atoms with Gasteiger partial charge >= 0.3 is 0 Å². The van der Waals surface area contributed by atoms with Crippen molar-refractivity contribution in [3.8, 4) is 0 Å². The smallest absolute Gasteiger partial charge is 0.129 e. The van der Waals surface area contributed by atoms with E-state index in [-0.39, 0.29) is 5.82 Å². The van der Waals surface area contributed by atoms with Crippen LogP contribution in [0.25, 0.3) is 0 Å². The maximum Gasteiger partial charge on any atom is 0.129 e. The standard InChI is InChI=1S/C15H16BrFN2/c1-9-6-14(19-8-13(9)16)18-7-12-4-10(2)15(17)11(3)5-12/h4-6,8H,7H2,1-3H3,(H,18,19). The normalized spacial score (nSPS) is 10.6. The summed E-state index contributed by atoms with van der Waals surface area (Å²) in [5, 5.41) is 3.25. The van der Waals surface area contributed by atoms with E-state index in [4.69, 9.17) is 0 Å². The first kappa shape index (κ1) is 14.0. The molecule has 0 bridgehead atoms. The van der Waals surface area contributed by atoms with Crippen LogP contribution in [-0.2, 0) is 6.54 Å². The highest BCUT2D eigenvalue weighted by Crippen LogP contribution is 2.19. The molecule has 0 saturated heterocycles.